The van der Waals surface area contributed by atoms with Gasteiger partial charge in [-0.25, -0.2) is 9.97 Å². The van der Waals surface area contributed by atoms with Crippen molar-refractivity contribution < 1.29 is 24.9 Å². The summed E-state index contributed by atoms with van der Waals surface area (Å²) in [5.41, 5.74) is 0.848. The predicted octanol–water partition coefficient (Wildman–Crippen LogP) is -0.521. The molecule has 2 aromatic heterocycles. The van der Waals surface area contributed by atoms with Gasteiger partial charge in [-0.2, -0.15) is 0 Å². The van der Waals surface area contributed by atoms with E-state index in [0.717, 1.165) is 0 Å². The number of aliphatic hydroxyl groups is 3. The quantitative estimate of drug-likeness (QED) is 0.388. The molecule has 1 aliphatic heterocycles. The molecule has 0 aliphatic carbocycles. The maximum absolute atomic E-state index is 12.4. The summed E-state index contributed by atoms with van der Waals surface area (Å²) in [6, 6.07) is 3.13. The number of carbonyl (C=O) groups excluding carboxylic acids is 1. The average molecular weight is 403 g/mol. The van der Waals surface area contributed by atoms with Crippen LogP contribution >= 0.6 is 0 Å². The van der Waals surface area contributed by atoms with Crippen LogP contribution in [-0.2, 0) is 9.53 Å². The van der Waals surface area contributed by atoms with Gasteiger partial charge < -0.3 is 24.6 Å². The third-order valence-electron chi connectivity index (χ3n) is 4.96. The molecule has 1 amide bonds. The summed E-state index contributed by atoms with van der Waals surface area (Å²) in [7, 11) is 0. The molecular formula is C18H21N5O6. The number of rotatable bonds is 4. The smallest absolute Gasteiger partial charge is 0.260 e. The summed E-state index contributed by atoms with van der Waals surface area (Å²) in [6.07, 6.45) is -2.99. The number of amides is 1. The van der Waals surface area contributed by atoms with Gasteiger partial charge in [0.15, 0.2) is 6.23 Å². The Morgan fingerprint density at radius 1 is 1.31 bits per heavy atom. The number of aromatic nitrogens is 4. The molecule has 0 spiro atoms. The second-order valence-electron chi connectivity index (χ2n) is 7.30. The molecule has 4 atom stereocenters. The molecule has 1 saturated heterocycles. The minimum absolute atomic E-state index is 0.0273. The number of aromatic amines is 1. The van der Waals surface area contributed by atoms with E-state index in [2.05, 4.69) is 20.3 Å². The van der Waals surface area contributed by atoms with Crippen molar-refractivity contribution in [2.45, 2.75) is 38.4 Å². The molecule has 0 radical (unpaired) electrons. The maximum Gasteiger partial charge on any atom is 0.260 e. The first-order valence-corrected chi connectivity index (χ1v) is 9.14. The summed E-state index contributed by atoms with van der Waals surface area (Å²) in [4.78, 5) is 35.4. The zero-order valence-electron chi connectivity index (χ0n) is 15.7. The van der Waals surface area contributed by atoms with Gasteiger partial charge >= 0.3 is 0 Å². The minimum Gasteiger partial charge on any atom is -0.394 e. The Morgan fingerprint density at radius 2 is 2.07 bits per heavy atom. The molecule has 1 aromatic carbocycles. The highest BCUT2D eigenvalue weighted by Gasteiger charge is 2.43. The van der Waals surface area contributed by atoms with E-state index in [1.807, 2.05) is 0 Å². The number of anilines is 1. The first kappa shape index (κ1) is 19.5. The van der Waals surface area contributed by atoms with E-state index in [-0.39, 0.29) is 23.2 Å². The Kier molecular flexibility index (Phi) is 4.82. The van der Waals surface area contributed by atoms with E-state index in [1.165, 1.54) is 10.9 Å². The molecule has 3 aromatic rings. The van der Waals surface area contributed by atoms with Crippen molar-refractivity contribution in [2.75, 3.05) is 11.9 Å². The normalized spacial score (nSPS) is 24.6. The Morgan fingerprint density at radius 3 is 2.72 bits per heavy atom. The van der Waals surface area contributed by atoms with Crippen LogP contribution in [0.4, 0.5) is 5.95 Å². The van der Waals surface area contributed by atoms with Crippen molar-refractivity contribution in [1.29, 1.82) is 0 Å². The largest absolute Gasteiger partial charge is 0.394 e. The highest BCUT2D eigenvalue weighted by atomic mass is 16.6. The van der Waals surface area contributed by atoms with Gasteiger partial charge in [-0.3, -0.25) is 19.9 Å². The van der Waals surface area contributed by atoms with E-state index in [1.54, 1.807) is 26.0 Å². The number of hydrogen-bond acceptors (Lipinski definition) is 8. The van der Waals surface area contributed by atoms with Gasteiger partial charge in [0, 0.05) is 5.92 Å². The molecule has 3 heterocycles. The molecule has 154 valence electrons. The number of imidazole rings is 1. The Bertz CT molecular complexity index is 1140. The van der Waals surface area contributed by atoms with Gasteiger partial charge in [-0.1, -0.05) is 13.8 Å². The standard InChI is InChI=1S/C18H21N5O6/c1-7(2)15(27)21-18-20-9-4-11-10(3-8(9)16(28)22-18)19-6-23(11)17-14(26)13(25)12(5-24)29-17/h3-4,6-7,12-14,17,24-26H,5H2,1-2H3,(H2,20,21,22,27,28)/t12-,13-,14-,17-/m1/s1. The molecular weight excluding hydrogens is 382 g/mol. The number of nitrogens with one attached hydrogen (secondary N) is 2. The van der Waals surface area contributed by atoms with Crippen LogP contribution in [0.1, 0.15) is 20.1 Å². The van der Waals surface area contributed by atoms with Gasteiger partial charge in [0.2, 0.25) is 11.9 Å². The lowest BCUT2D eigenvalue weighted by atomic mass is 10.1. The van der Waals surface area contributed by atoms with Crippen molar-refractivity contribution in [3.05, 3.63) is 28.8 Å². The van der Waals surface area contributed by atoms with Crippen LogP contribution in [-0.4, -0.2) is 65.7 Å². The van der Waals surface area contributed by atoms with Crippen molar-refractivity contribution in [2.24, 2.45) is 5.92 Å². The van der Waals surface area contributed by atoms with E-state index in [9.17, 15) is 24.9 Å². The fraction of sp³-hybridized carbons (Fsp3) is 0.444. The molecule has 0 saturated carbocycles. The fourth-order valence-electron chi connectivity index (χ4n) is 3.29. The number of fused-ring (bicyclic) bond motifs is 2. The molecule has 11 heteroatoms. The summed E-state index contributed by atoms with van der Waals surface area (Å²) in [5.74, 6) is -0.545. The Balaban J connectivity index is 1.79. The summed E-state index contributed by atoms with van der Waals surface area (Å²) >= 11 is 0. The lowest BCUT2D eigenvalue weighted by molar-refractivity contribution is -0.118. The van der Waals surface area contributed by atoms with Crippen LogP contribution in [0.3, 0.4) is 0 Å². The van der Waals surface area contributed by atoms with Crippen LogP contribution in [0, 0.1) is 5.92 Å². The number of aliphatic hydroxyl groups excluding tert-OH is 3. The summed E-state index contributed by atoms with van der Waals surface area (Å²) < 4.78 is 7.06. The highest BCUT2D eigenvalue weighted by Crippen LogP contribution is 2.32. The molecule has 4 rings (SSSR count). The van der Waals surface area contributed by atoms with Gasteiger partial charge in [-0.15, -0.1) is 0 Å². The first-order chi connectivity index (χ1) is 13.8. The first-order valence-electron chi connectivity index (χ1n) is 9.14. The zero-order chi connectivity index (χ0) is 20.9. The average Bonchev–Trinajstić information content (AvgIpc) is 3.21. The highest BCUT2D eigenvalue weighted by molar-refractivity contribution is 5.95. The molecule has 0 bridgehead atoms. The zero-order valence-corrected chi connectivity index (χ0v) is 15.7. The van der Waals surface area contributed by atoms with Crippen molar-refractivity contribution in [3.8, 4) is 0 Å². The lowest BCUT2D eigenvalue weighted by Gasteiger charge is -2.17. The van der Waals surface area contributed by atoms with E-state index >= 15 is 0 Å². The van der Waals surface area contributed by atoms with E-state index < -0.39 is 36.7 Å². The second kappa shape index (κ2) is 7.19. The van der Waals surface area contributed by atoms with Crippen LogP contribution in [0.5, 0.6) is 0 Å². The molecule has 29 heavy (non-hydrogen) atoms. The van der Waals surface area contributed by atoms with Crippen molar-refractivity contribution in [1.82, 2.24) is 19.5 Å². The van der Waals surface area contributed by atoms with Crippen LogP contribution in [0.25, 0.3) is 21.9 Å². The number of ether oxygens (including phenoxy) is 1. The Labute approximate surface area is 164 Å². The van der Waals surface area contributed by atoms with Crippen LogP contribution in [0.2, 0.25) is 0 Å². The number of H-pyrrole nitrogens is 1. The van der Waals surface area contributed by atoms with Gasteiger partial charge in [-0.05, 0) is 12.1 Å². The third kappa shape index (κ3) is 3.27. The van der Waals surface area contributed by atoms with Crippen LogP contribution in [0.15, 0.2) is 23.3 Å². The number of benzene rings is 1. The van der Waals surface area contributed by atoms with E-state index in [0.29, 0.717) is 16.6 Å². The van der Waals surface area contributed by atoms with Crippen molar-refractivity contribution in [3.63, 3.8) is 0 Å². The predicted molar refractivity (Wildman–Crippen MR) is 102 cm³/mol. The monoisotopic (exact) mass is 403 g/mol. The SMILES string of the molecule is CC(C)C(=O)Nc1nc2cc3c(cc2c(=O)[nH]1)ncn3[C@@H]1O[C@H](CO)[C@@H](O)[C@H]1O. The van der Waals surface area contributed by atoms with Gasteiger partial charge in [0.1, 0.15) is 18.3 Å². The Hall–Kier alpha value is -2.86. The van der Waals surface area contributed by atoms with Gasteiger partial charge in [0.05, 0.1) is 34.9 Å². The molecule has 0 unspecified atom stereocenters. The van der Waals surface area contributed by atoms with Gasteiger partial charge in [0.25, 0.3) is 5.56 Å². The topological polar surface area (TPSA) is 163 Å². The lowest BCUT2D eigenvalue weighted by Crippen LogP contribution is -2.33. The second-order valence-corrected chi connectivity index (χ2v) is 7.30. The maximum atomic E-state index is 12.4. The molecule has 1 fully saturated rings. The molecule has 11 nitrogen and oxygen atoms in total. The van der Waals surface area contributed by atoms with Crippen molar-refractivity contribution >= 4 is 33.8 Å². The number of hydrogen-bond donors (Lipinski definition) is 5. The number of carbonyl (C=O) groups is 1. The molecule has 1 aliphatic rings. The third-order valence-corrected chi connectivity index (χ3v) is 4.96. The summed E-state index contributed by atoms with van der Waals surface area (Å²) in [6.45, 7) is 3.00. The van der Waals surface area contributed by atoms with E-state index in [4.69, 9.17) is 4.74 Å². The summed E-state index contributed by atoms with van der Waals surface area (Å²) in [5, 5.41) is 32.4. The molecule has 5 N–H and O–H groups in total. The number of nitrogens with zero attached hydrogens (tertiary/aromatic N) is 3. The van der Waals surface area contributed by atoms with Crippen LogP contribution < -0.4 is 10.9 Å². The minimum atomic E-state index is -1.27. The fourth-order valence-corrected chi connectivity index (χ4v) is 3.29.